The molecule has 1 atom stereocenters. The number of aromatic nitrogens is 2. The van der Waals surface area contributed by atoms with Gasteiger partial charge in [0.2, 0.25) is 10.0 Å². The molecule has 1 aliphatic rings. The van der Waals surface area contributed by atoms with E-state index in [1.165, 1.54) is 23.5 Å². The molecule has 1 fully saturated rings. The average Bonchev–Trinajstić information content (AvgIpc) is 3.39. The summed E-state index contributed by atoms with van der Waals surface area (Å²) in [6, 6.07) is 17.5. The molecule has 1 unspecified atom stereocenters. The van der Waals surface area contributed by atoms with E-state index in [9.17, 15) is 13.2 Å². The van der Waals surface area contributed by atoms with Crippen molar-refractivity contribution in [1.29, 1.82) is 0 Å². The van der Waals surface area contributed by atoms with Crippen LogP contribution in [0.1, 0.15) is 55.6 Å². The van der Waals surface area contributed by atoms with E-state index in [-0.39, 0.29) is 23.4 Å². The Hall–Kier alpha value is -3.34. The first-order valence-corrected chi connectivity index (χ1v) is 15.5. The fourth-order valence-corrected chi connectivity index (χ4v) is 7.66. The number of thiazole rings is 1. The van der Waals surface area contributed by atoms with Crippen LogP contribution < -0.4 is 9.64 Å². The second-order valence-electron chi connectivity index (χ2n) is 9.47. The van der Waals surface area contributed by atoms with Crippen molar-refractivity contribution in [1.82, 2.24) is 14.3 Å². The molecule has 0 bridgehead atoms. The number of carbonyl (C=O) groups excluding carboxylic acids is 1. The van der Waals surface area contributed by atoms with Crippen LogP contribution in [-0.4, -0.2) is 47.8 Å². The number of piperidine rings is 1. The molecule has 1 saturated heterocycles. The zero-order valence-corrected chi connectivity index (χ0v) is 23.7. The number of hydrogen-bond donors (Lipinski definition) is 0. The number of amides is 1. The number of nitrogens with zero attached hydrogens (tertiary/aromatic N) is 4. The molecule has 1 amide bonds. The van der Waals surface area contributed by atoms with Gasteiger partial charge in [-0.3, -0.25) is 14.7 Å². The number of pyridine rings is 1. The minimum absolute atomic E-state index is 0.0150. The van der Waals surface area contributed by atoms with E-state index in [0.717, 1.165) is 47.3 Å². The number of sulfonamides is 1. The van der Waals surface area contributed by atoms with Gasteiger partial charge in [-0.15, -0.1) is 0 Å². The Morgan fingerprint density at radius 1 is 1.10 bits per heavy atom. The van der Waals surface area contributed by atoms with E-state index >= 15 is 0 Å². The summed E-state index contributed by atoms with van der Waals surface area (Å²) in [4.78, 5) is 24.8. The zero-order chi connectivity index (χ0) is 27.4. The van der Waals surface area contributed by atoms with Crippen molar-refractivity contribution in [3.63, 3.8) is 0 Å². The Labute approximate surface area is 233 Å². The molecule has 204 valence electrons. The predicted molar refractivity (Wildman–Crippen MR) is 154 cm³/mol. The first-order chi connectivity index (χ1) is 18.9. The molecule has 8 nitrogen and oxygen atoms in total. The van der Waals surface area contributed by atoms with Crippen molar-refractivity contribution >= 4 is 42.6 Å². The van der Waals surface area contributed by atoms with Crippen LogP contribution in [0.2, 0.25) is 0 Å². The lowest BCUT2D eigenvalue weighted by molar-refractivity contribution is 0.0984. The van der Waals surface area contributed by atoms with Gasteiger partial charge in [0.05, 0.1) is 34.0 Å². The number of benzene rings is 2. The molecule has 1 aliphatic heterocycles. The topological polar surface area (TPSA) is 92.7 Å². The molecule has 0 spiro atoms. The molecule has 4 aromatic rings. The number of fused-ring (bicyclic) bond motifs is 1. The summed E-state index contributed by atoms with van der Waals surface area (Å²) in [6.45, 7) is 5.27. The van der Waals surface area contributed by atoms with Gasteiger partial charge >= 0.3 is 0 Å². The number of rotatable bonds is 9. The Morgan fingerprint density at radius 3 is 2.64 bits per heavy atom. The summed E-state index contributed by atoms with van der Waals surface area (Å²) >= 11 is 1.40. The van der Waals surface area contributed by atoms with Crippen LogP contribution in [0.15, 0.2) is 71.8 Å². The largest absolute Gasteiger partial charge is 0.494 e. The van der Waals surface area contributed by atoms with Gasteiger partial charge in [0.25, 0.3) is 5.91 Å². The maximum atomic E-state index is 13.8. The monoisotopic (exact) mass is 564 g/mol. The molecule has 0 saturated carbocycles. The van der Waals surface area contributed by atoms with E-state index in [0.29, 0.717) is 23.8 Å². The van der Waals surface area contributed by atoms with Crippen LogP contribution in [0.5, 0.6) is 5.75 Å². The Morgan fingerprint density at radius 2 is 1.92 bits per heavy atom. The van der Waals surface area contributed by atoms with Crippen molar-refractivity contribution in [2.45, 2.75) is 57.0 Å². The first kappa shape index (κ1) is 27.2. The highest BCUT2D eigenvalue weighted by molar-refractivity contribution is 7.89. The molecule has 2 aromatic heterocycles. The van der Waals surface area contributed by atoms with Crippen molar-refractivity contribution < 1.29 is 17.9 Å². The minimum Gasteiger partial charge on any atom is -0.494 e. The molecule has 5 rings (SSSR count). The number of anilines is 1. The van der Waals surface area contributed by atoms with Crippen LogP contribution in [0, 0.1) is 0 Å². The smallest absolute Gasteiger partial charge is 0.260 e. The third-order valence-corrected chi connectivity index (χ3v) is 9.94. The maximum Gasteiger partial charge on any atom is 0.260 e. The SMILES string of the molecule is CCOc1ccc2nc(N(Cc3ccccn3)C(=O)c3ccc(S(=O)(=O)N4CCCCC4CC)cc3)sc2c1. The van der Waals surface area contributed by atoms with E-state index in [1.807, 2.05) is 50.2 Å². The van der Waals surface area contributed by atoms with Gasteiger partial charge in [-0.2, -0.15) is 4.31 Å². The molecule has 0 N–H and O–H groups in total. The van der Waals surface area contributed by atoms with Gasteiger partial charge in [-0.1, -0.05) is 30.7 Å². The number of ether oxygens (including phenoxy) is 1. The quantitative estimate of drug-likeness (QED) is 0.252. The Bertz CT molecular complexity index is 1540. The van der Waals surface area contributed by atoms with Crippen molar-refractivity contribution in [3.8, 4) is 5.75 Å². The standard InChI is InChI=1S/C29H32N4O4S2/c1-3-23-10-6-8-18-33(23)39(35,36)25-14-11-21(12-15-25)28(34)32(20-22-9-5-7-17-30-22)29-31-26-16-13-24(37-4-2)19-27(26)38-29/h5,7,9,11-17,19,23H,3-4,6,8,10,18,20H2,1-2H3. The van der Waals surface area contributed by atoms with Gasteiger partial charge in [0.1, 0.15) is 5.75 Å². The molecule has 0 aliphatic carbocycles. The molecule has 39 heavy (non-hydrogen) atoms. The lowest BCUT2D eigenvalue weighted by Crippen LogP contribution is -2.43. The van der Waals surface area contributed by atoms with E-state index < -0.39 is 10.0 Å². The molecule has 3 heterocycles. The highest BCUT2D eigenvalue weighted by Gasteiger charge is 2.32. The van der Waals surface area contributed by atoms with E-state index in [1.54, 1.807) is 27.5 Å². The highest BCUT2D eigenvalue weighted by atomic mass is 32.2. The predicted octanol–water partition coefficient (Wildman–Crippen LogP) is 5.89. The third kappa shape index (κ3) is 5.83. The highest BCUT2D eigenvalue weighted by Crippen LogP contribution is 2.33. The van der Waals surface area contributed by atoms with Gasteiger partial charge < -0.3 is 4.74 Å². The fourth-order valence-electron chi connectivity index (χ4n) is 4.90. The normalized spacial score (nSPS) is 16.3. The van der Waals surface area contributed by atoms with Crippen LogP contribution in [0.4, 0.5) is 5.13 Å². The fraction of sp³-hybridized carbons (Fsp3) is 0.345. The van der Waals surface area contributed by atoms with Gasteiger partial charge in [-0.05, 0) is 80.8 Å². The van der Waals surface area contributed by atoms with E-state index in [2.05, 4.69) is 4.98 Å². The Kier molecular flexibility index (Phi) is 8.25. The summed E-state index contributed by atoms with van der Waals surface area (Å²) in [7, 11) is -3.64. The molecule has 0 radical (unpaired) electrons. The van der Waals surface area contributed by atoms with Crippen molar-refractivity contribution in [2.75, 3.05) is 18.1 Å². The summed E-state index contributed by atoms with van der Waals surface area (Å²) in [6.07, 6.45) is 5.26. The lowest BCUT2D eigenvalue weighted by atomic mass is 10.0. The second kappa shape index (κ2) is 11.8. The Balaban J connectivity index is 1.46. The second-order valence-corrected chi connectivity index (χ2v) is 12.4. The first-order valence-electron chi connectivity index (χ1n) is 13.3. The minimum atomic E-state index is -3.64. The lowest BCUT2D eigenvalue weighted by Gasteiger charge is -2.34. The summed E-state index contributed by atoms with van der Waals surface area (Å²) in [5.41, 5.74) is 1.87. The zero-order valence-electron chi connectivity index (χ0n) is 22.1. The molecule has 10 heteroatoms. The van der Waals surface area contributed by atoms with Crippen molar-refractivity contribution in [2.24, 2.45) is 0 Å². The van der Waals surface area contributed by atoms with Crippen LogP contribution >= 0.6 is 11.3 Å². The summed E-state index contributed by atoms with van der Waals surface area (Å²) in [5.74, 6) is 0.469. The molecular formula is C29H32N4O4S2. The van der Waals surface area contributed by atoms with Gasteiger partial charge in [-0.25, -0.2) is 13.4 Å². The van der Waals surface area contributed by atoms with Crippen LogP contribution in [0.3, 0.4) is 0 Å². The van der Waals surface area contributed by atoms with E-state index in [4.69, 9.17) is 9.72 Å². The number of hydrogen-bond acceptors (Lipinski definition) is 7. The van der Waals surface area contributed by atoms with Gasteiger partial charge in [0.15, 0.2) is 5.13 Å². The summed E-state index contributed by atoms with van der Waals surface area (Å²) in [5, 5.41) is 0.533. The summed E-state index contributed by atoms with van der Waals surface area (Å²) < 4.78 is 35.0. The third-order valence-electron chi connectivity index (χ3n) is 6.93. The van der Waals surface area contributed by atoms with Crippen LogP contribution in [-0.2, 0) is 16.6 Å². The molecular weight excluding hydrogens is 532 g/mol. The van der Waals surface area contributed by atoms with Crippen LogP contribution in [0.25, 0.3) is 10.2 Å². The molecule has 2 aromatic carbocycles. The number of carbonyl (C=O) groups is 1. The average molecular weight is 565 g/mol. The maximum absolute atomic E-state index is 13.8. The van der Waals surface area contributed by atoms with Crippen molar-refractivity contribution in [3.05, 3.63) is 78.1 Å². The van der Waals surface area contributed by atoms with Gasteiger partial charge in [0, 0.05) is 24.3 Å².